The molecule has 0 fully saturated rings. The zero-order valence-electron chi connectivity index (χ0n) is 16.4. The number of nitrogens with zero attached hydrogens (tertiary/aromatic N) is 1. The number of methoxy groups -OCH3 is 1. The van der Waals surface area contributed by atoms with Crippen molar-refractivity contribution in [3.8, 4) is 5.75 Å². The Morgan fingerprint density at radius 1 is 1.04 bits per heavy atom. The maximum Gasteiger partial charge on any atom is 0.256 e. The fraction of sp³-hybridized carbons (Fsp3) is 0.227. The molecular weight excluding hydrogens is 354 g/mol. The lowest BCUT2D eigenvalue weighted by Crippen LogP contribution is -2.15. The third-order valence-corrected chi connectivity index (χ3v) is 4.34. The van der Waals surface area contributed by atoms with Crippen LogP contribution in [0.5, 0.6) is 5.75 Å². The molecule has 0 aliphatic rings. The number of hydrogen-bond acceptors (Lipinski definition) is 4. The Bertz CT molecular complexity index is 1040. The lowest BCUT2D eigenvalue weighted by molar-refractivity contribution is -0.114. The van der Waals surface area contributed by atoms with Gasteiger partial charge in [0.2, 0.25) is 5.91 Å². The van der Waals surface area contributed by atoms with Crippen LogP contribution in [-0.2, 0) is 4.79 Å². The third-order valence-electron chi connectivity index (χ3n) is 4.34. The molecule has 1 aromatic heterocycles. The zero-order chi connectivity index (χ0) is 20.3. The SMILES string of the molecule is COc1ccc(NC(C)=O)cc1NC(=O)c1cc(C(C)C)nc2ccccc12. The molecule has 2 aromatic carbocycles. The minimum atomic E-state index is -0.265. The lowest BCUT2D eigenvalue weighted by Gasteiger charge is -2.15. The predicted molar refractivity (Wildman–Crippen MR) is 111 cm³/mol. The molecule has 3 rings (SSSR count). The van der Waals surface area contributed by atoms with Crippen LogP contribution in [0.15, 0.2) is 48.5 Å². The number of hydrogen-bond donors (Lipinski definition) is 2. The summed E-state index contributed by atoms with van der Waals surface area (Å²) in [6.45, 7) is 5.51. The molecule has 144 valence electrons. The van der Waals surface area contributed by atoms with Crippen molar-refractivity contribution in [2.75, 3.05) is 17.7 Å². The highest BCUT2D eigenvalue weighted by atomic mass is 16.5. The number of pyridine rings is 1. The molecule has 3 aromatic rings. The number of fused-ring (bicyclic) bond motifs is 1. The van der Waals surface area contributed by atoms with Gasteiger partial charge in [-0.3, -0.25) is 14.6 Å². The first-order valence-electron chi connectivity index (χ1n) is 9.05. The summed E-state index contributed by atoms with van der Waals surface area (Å²) in [6, 6.07) is 14.5. The molecule has 2 amide bonds. The van der Waals surface area contributed by atoms with Gasteiger partial charge in [0.15, 0.2) is 0 Å². The Balaban J connectivity index is 2.02. The Labute approximate surface area is 163 Å². The number of carbonyl (C=O) groups is 2. The van der Waals surface area contributed by atoms with E-state index in [1.807, 2.05) is 44.2 Å². The van der Waals surface area contributed by atoms with E-state index in [9.17, 15) is 9.59 Å². The molecule has 1 heterocycles. The summed E-state index contributed by atoms with van der Waals surface area (Å²) in [5.41, 5.74) is 3.22. The highest BCUT2D eigenvalue weighted by Crippen LogP contribution is 2.29. The fourth-order valence-electron chi connectivity index (χ4n) is 2.96. The maximum atomic E-state index is 13.1. The van der Waals surface area contributed by atoms with Gasteiger partial charge in [0, 0.05) is 23.7 Å². The summed E-state index contributed by atoms with van der Waals surface area (Å²) in [5, 5.41) is 6.39. The van der Waals surface area contributed by atoms with Crippen LogP contribution in [0.25, 0.3) is 10.9 Å². The topological polar surface area (TPSA) is 80.3 Å². The molecule has 0 aliphatic carbocycles. The molecule has 0 atom stereocenters. The van der Waals surface area contributed by atoms with Crippen LogP contribution >= 0.6 is 0 Å². The van der Waals surface area contributed by atoms with Crippen molar-refractivity contribution >= 4 is 34.1 Å². The van der Waals surface area contributed by atoms with Crippen molar-refractivity contribution in [3.05, 3.63) is 59.8 Å². The van der Waals surface area contributed by atoms with Crippen LogP contribution in [0.1, 0.15) is 42.7 Å². The summed E-state index contributed by atoms with van der Waals surface area (Å²) in [5.74, 6) is 0.238. The minimum absolute atomic E-state index is 0.189. The summed E-state index contributed by atoms with van der Waals surface area (Å²) in [4.78, 5) is 29.1. The van der Waals surface area contributed by atoms with Crippen LogP contribution < -0.4 is 15.4 Å². The molecular formula is C22H23N3O3. The monoisotopic (exact) mass is 377 g/mol. The maximum absolute atomic E-state index is 13.1. The average molecular weight is 377 g/mol. The van der Waals surface area contributed by atoms with Crippen LogP contribution in [-0.4, -0.2) is 23.9 Å². The number of para-hydroxylation sites is 1. The van der Waals surface area contributed by atoms with Crippen LogP contribution in [0.2, 0.25) is 0 Å². The molecule has 0 unspecified atom stereocenters. The van der Waals surface area contributed by atoms with E-state index in [1.165, 1.54) is 14.0 Å². The van der Waals surface area contributed by atoms with Crippen molar-refractivity contribution in [3.63, 3.8) is 0 Å². The van der Waals surface area contributed by atoms with Gasteiger partial charge in [-0.1, -0.05) is 32.0 Å². The Morgan fingerprint density at radius 2 is 1.79 bits per heavy atom. The van der Waals surface area contributed by atoms with Gasteiger partial charge in [0.25, 0.3) is 5.91 Å². The van der Waals surface area contributed by atoms with E-state index in [-0.39, 0.29) is 17.7 Å². The molecule has 28 heavy (non-hydrogen) atoms. The van der Waals surface area contributed by atoms with Crippen molar-refractivity contribution in [1.29, 1.82) is 0 Å². The Kier molecular flexibility index (Phi) is 5.59. The zero-order valence-corrected chi connectivity index (χ0v) is 16.4. The number of anilines is 2. The minimum Gasteiger partial charge on any atom is -0.495 e. The number of aromatic nitrogens is 1. The normalized spacial score (nSPS) is 10.8. The van der Waals surface area contributed by atoms with Crippen LogP contribution in [0.3, 0.4) is 0 Å². The second kappa shape index (κ2) is 8.08. The van der Waals surface area contributed by atoms with Crippen LogP contribution in [0, 0.1) is 0 Å². The predicted octanol–water partition coefficient (Wildman–Crippen LogP) is 4.58. The number of nitrogens with one attached hydrogen (secondary N) is 2. The highest BCUT2D eigenvalue weighted by molar-refractivity contribution is 6.13. The second-order valence-electron chi connectivity index (χ2n) is 6.82. The first kappa shape index (κ1) is 19.4. The molecule has 0 bridgehead atoms. The number of benzene rings is 2. The van der Waals surface area contributed by atoms with E-state index in [0.717, 1.165) is 16.6 Å². The van der Waals surface area contributed by atoms with Crippen LogP contribution in [0.4, 0.5) is 11.4 Å². The first-order valence-corrected chi connectivity index (χ1v) is 9.05. The average Bonchev–Trinajstić information content (AvgIpc) is 2.66. The van der Waals surface area contributed by atoms with Gasteiger partial charge in [-0.15, -0.1) is 0 Å². The van der Waals surface area contributed by atoms with Gasteiger partial charge >= 0.3 is 0 Å². The largest absolute Gasteiger partial charge is 0.495 e. The second-order valence-corrected chi connectivity index (χ2v) is 6.82. The van der Waals surface area contributed by atoms with Gasteiger partial charge in [0.1, 0.15) is 5.75 Å². The van der Waals surface area contributed by atoms with E-state index in [1.54, 1.807) is 18.2 Å². The Morgan fingerprint density at radius 3 is 2.46 bits per heavy atom. The molecule has 2 N–H and O–H groups in total. The number of amides is 2. The van der Waals surface area contributed by atoms with Gasteiger partial charge < -0.3 is 15.4 Å². The van der Waals surface area contributed by atoms with Gasteiger partial charge in [-0.05, 0) is 36.2 Å². The molecule has 0 saturated carbocycles. The van der Waals surface area contributed by atoms with Crippen molar-refractivity contribution < 1.29 is 14.3 Å². The Hall–Kier alpha value is -3.41. The molecule has 6 heteroatoms. The molecule has 0 spiro atoms. The number of rotatable bonds is 5. The third kappa shape index (κ3) is 4.11. The van der Waals surface area contributed by atoms with Crippen molar-refractivity contribution in [2.45, 2.75) is 26.7 Å². The molecule has 0 radical (unpaired) electrons. The van der Waals surface area contributed by atoms with Gasteiger partial charge in [0.05, 0.1) is 23.9 Å². The summed E-state index contributed by atoms with van der Waals surface area (Å²) < 4.78 is 5.35. The van der Waals surface area contributed by atoms with Gasteiger partial charge in [-0.2, -0.15) is 0 Å². The lowest BCUT2D eigenvalue weighted by atomic mass is 10.0. The van der Waals surface area contributed by atoms with E-state index in [2.05, 4.69) is 15.6 Å². The van der Waals surface area contributed by atoms with Crippen molar-refractivity contribution in [1.82, 2.24) is 4.98 Å². The summed E-state index contributed by atoms with van der Waals surface area (Å²) >= 11 is 0. The number of ether oxygens (including phenoxy) is 1. The van der Waals surface area contributed by atoms with Crippen molar-refractivity contribution in [2.24, 2.45) is 0 Å². The highest BCUT2D eigenvalue weighted by Gasteiger charge is 2.16. The summed E-state index contributed by atoms with van der Waals surface area (Å²) in [6.07, 6.45) is 0. The standard InChI is InChI=1S/C22H23N3O3/c1-13(2)19-12-17(16-7-5-6-8-18(16)24-19)22(27)25-20-11-15(23-14(3)26)9-10-21(20)28-4/h5-13H,1-4H3,(H,23,26)(H,25,27). The van der Waals surface area contributed by atoms with E-state index < -0.39 is 0 Å². The van der Waals surface area contributed by atoms with E-state index >= 15 is 0 Å². The quantitative estimate of drug-likeness (QED) is 0.682. The first-order chi connectivity index (χ1) is 13.4. The molecule has 0 saturated heterocycles. The smallest absolute Gasteiger partial charge is 0.256 e. The molecule has 6 nitrogen and oxygen atoms in total. The molecule has 0 aliphatic heterocycles. The van der Waals surface area contributed by atoms with Gasteiger partial charge in [-0.25, -0.2) is 0 Å². The summed E-state index contributed by atoms with van der Waals surface area (Å²) in [7, 11) is 1.53. The number of carbonyl (C=O) groups excluding carboxylic acids is 2. The fourth-order valence-corrected chi connectivity index (χ4v) is 2.96. The van der Waals surface area contributed by atoms with E-state index in [0.29, 0.717) is 22.7 Å². The van der Waals surface area contributed by atoms with E-state index in [4.69, 9.17) is 4.74 Å².